The van der Waals surface area contributed by atoms with Gasteiger partial charge in [0.15, 0.2) is 0 Å². The molecular weight excluding hydrogens is 999 g/mol. The number of nitrogens with one attached hydrogen (secondary N) is 1. The summed E-state index contributed by atoms with van der Waals surface area (Å²) in [5.74, 6) is -0.0696. The van der Waals surface area contributed by atoms with Crippen molar-refractivity contribution in [1.82, 2.24) is 5.32 Å². The highest BCUT2D eigenvalue weighted by Crippen LogP contribution is 2.19. The van der Waals surface area contributed by atoms with Gasteiger partial charge in [-0.3, -0.25) is 4.79 Å². The lowest BCUT2D eigenvalue weighted by molar-refractivity contribution is -0.123. The third-order valence-electron chi connectivity index (χ3n) is 17.8. The highest BCUT2D eigenvalue weighted by molar-refractivity contribution is 5.76. The van der Waals surface area contributed by atoms with Crippen LogP contribution < -0.4 is 5.32 Å². The number of aliphatic hydroxyl groups excluding tert-OH is 2. The fourth-order valence-corrected chi connectivity index (χ4v) is 12.0. The summed E-state index contributed by atoms with van der Waals surface area (Å²) in [4.78, 5) is 12.5. The summed E-state index contributed by atoms with van der Waals surface area (Å²) in [6.07, 6.45) is 104. The maximum Gasteiger partial charge on any atom is 0.220 e. The zero-order chi connectivity index (χ0) is 59.1. The van der Waals surface area contributed by atoms with Crippen molar-refractivity contribution in [3.05, 3.63) is 48.6 Å². The fourth-order valence-electron chi connectivity index (χ4n) is 12.0. The topological polar surface area (TPSA) is 69.6 Å². The minimum absolute atomic E-state index is 0.0696. The molecule has 0 aliphatic rings. The summed E-state index contributed by atoms with van der Waals surface area (Å²) in [5, 5.41) is 23.3. The molecule has 484 valence electrons. The van der Waals surface area contributed by atoms with E-state index in [1.54, 1.807) is 6.08 Å². The van der Waals surface area contributed by atoms with Crippen molar-refractivity contribution in [2.75, 3.05) is 6.61 Å². The molecule has 0 bridgehead atoms. The van der Waals surface area contributed by atoms with E-state index in [0.29, 0.717) is 6.42 Å². The van der Waals surface area contributed by atoms with Crippen molar-refractivity contribution < 1.29 is 15.0 Å². The Labute approximate surface area is 515 Å². The van der Waals surface area contributed by atoms with Crippen LogP contribution in [0.25, 0.3) is 0 Å². The van der Waals surface area contributed by atoms with Crippen LogP contribution in [0.1, 0.15) is 425 Å². The third kappa shape index (κ3) is 69.1. The molecule has 4 nitrogen and oxygen atoms in total. The molecule has 0 saturated carbocycles. The van der Waals surface area contributed by atoms with E-state index in [9.17, 15) is 15.0 Å². The lowest BCUT2D eigenvalue weighted by Crippen LogP contribution is -2.45. The van der Waals surface area contributed by atoms with Crippen molar-refractivity contribution in [3.8, 4) is 0 Å². The summed E-state index contributed by atoms with van der Waals surface area (Å²) >= 11 is 0. The largest absolute Gasteiger partial charge is 0.394 e. The van der Waals surface area contributed by atoms with Gasteiger partial charge in [0, 0.05) is 6.42 Å². The average Bonchev–Trinajstić information content (AvgIpc) is 3.50. The molecule has 1 amide bonds. The normalized spacial score (nSPS) is 12.9. The highest BCUT2D eigenvalue weighted by Gasteiger charge is 2.18. The average molecular weight is 1150 g/mol. The number of carbonyl (C=O) groups is 1. The van der Waals surface area contributed by atoms with Gasteiger partial charge in [-0.25, -0.2) is 0 Å². The molecular formula is C78H149NO3. The Morgan fingerprint density at radius 2 is 0.476 bits per heavy atom. The van der Waals surface area contributed by atoms with E-state index in [1.165, 1.54) is 366 Å². The van der Waals surface area contributed by atoms with Crippen molar-refractivity contribution in [3.63, 3.8) is 0 Å². The second-order valence-corrected chi connectivity index (χ2v) is 26.1. The molecule has 0 spiro atoms. The lowest BCUT2D eigenvalue weighted by atomic mass is 10.0. The van der Waals surface area contributed by atoms with Crippen LogP contribution >= 0.6 is 0 Å². The monoisotopic (exact) mass is 1150 g/mol. The van der Waals surface area contributed by atoms with Gasteiger partial charge < -0.3 is 15.5 Å². The summed E-state index contributed by atoms with van der Waals surface area (Å²) in [6.45, 7) is 4.34. The second-order valence-electron chi connectivity index (χ2n) is 26.1. The Balaban J connectivity index is 3.43. The first-order valence-corrected chi connectivity index (χ1v) is 37.9. The number of hydrogen-bond donors (Lipinski definition) is 3. The molecule has 0 aromatic heterocycles. The van der Waals surface area contributed by atoms with E-state index < -0.39 is 12.1 Å². The van der Waals surface area contributed by atoms with Crippen LogP contribution in [0.5, 0.6) is 0 Å². The van der Waals surface area contributed by atoms with Crippen LogP contribution in [-0.2, 0) is 4.79 Å². The summed E-state index contributed by atoms with van der Waals surface area (Å²) in [7, 11) is 0. The van der Waals surface area contributed by atoms with Gasteiger partial charge in [-0.05, 0) is 70.6 Å². The van der Waals surface area contributed by atoms with Crippen molar-refractivity contribution >= 4 is 5.91 Å². The van der Waals surface area contributed by atoms with Crippen molar-refractivity contribution in [2.45, 2.75) is 437 Å². The first kappa shape index (κ1) is 80.3. The van der Waals surface area contributed by atoms with Gasteiger partial charge in [0.25, 0.3) is 0 Å². The molecule has 3 N–H and O–H groups in total. The van der Waals surface area contributed by atoms with Gasteiger partial charge in [-0.15, -0.1) is 0 Å². The minimum Gasteiger partial charge on any atom is -0.394 e. The van der Waals surface area contributed by atoms with Crippen LogP contribution in [0.3, 0.4) is 0 Å². The van der Waals surface area contributed by atoms with Gasteiger partial charge in [0.2, 0.25) is 5.91 Å². The van der Waals surface area contributed by atoms with E-state index >= 15 is 0 Å². The number of hydrogen-bond acceptors (Lipinski definition) is 3. The molecule has 4 heteroatoms. The molecule has 0 aliphatic heterocycles. The standard InChI is InChI=1S/C78H149NO3/c1-3-5-7-9-11-13-15-17-19-21-23-25-27-29-31-33-34-35-36-37-38-39-40-41-42-43-44-46-48-50-52-54-56-58-60-62-64-66-68-70-72-74-78(82)79-76(75-80)77(81)73-71-69-67-65-63-61-59-57-55-53-51-49-47-45-32-30-28-26-24-22-20-18-16-14-12-10-8-6-4-2/h21,23,55,57,63,65,71,73,76-77,80-81H,3-20,22,24-54,56,58-62,64,66-70,72,74-75H2,1-2H3,(H,79,82)/b23-21-,57-55+,65-63+,73-71+. The highest BCUT2D eigenvalue weighted by atomic mass is 16.3. The molecule has 0 aliphatic carbocycles. The maximum absolute atomic E-state index is 12.5. The van der Waals surface area contributed by atoms with Gasteiger partial charge in [0.05, 0.1) is 18.8 Å². The van der Waals surface area contributed by atoms with E-state index in [0.717, 1.165) is 38.5 Å². The fraction of sp³-hybridized carbons (Fsp3) is 0.885. The van der Waals surface area contributed by atoms with Gasteiger partial charge >= 0.3 is 0 Å². The predicted octanol–water partition coefficient (Wildman–Crippen LogP) is 26.1. The molecule has 0 aromatic carbocycles. The Kier molecular flexibility index (Phi) is 72.1. The SMILES string of the molecule is CCCCCCCCCC/C=C\CCCCCCCCCCCCCCCCCCCCCCCCCCCCCCCC(=O)NC(CO)C(O)/C=C/CC/C=C/CC/C=C/CCCCCCCCCCCCCCCCCCCCC. The Morgan fingerprint density at radius 3 is 0.707 bits per heavy atom. The van der Waals surface area contributed by atoms with Crippen LogP contribution in [0.4, 0.5) is 0 Å². The van der Waals surface area contributed by atoms with Crippen LogP contribution in [-0.4, -0.2) is 34.9 Å². The Hall–Kier alpha value is -1.65. The molecule has 0 saturated heterocycles. The molecule has 2 atom stereocenters. The van der Waals surface area contributed by atoms with Crippen molar-refractivity contribution in [2.24, 2.45) is 0 Å². The van der Waals surface area contributed by atoms with E-state index in [-0.39, 0.29) is 12.5 Å². The first-order valence-electron chi connectivity index (χ1n) is 37.9. The molecule has 0 heterocycles. The van der Waals surface area contributed by atoms with E-state index in [4.69, 9.17) is 0 Å². The summed E-state index contributed by atoms with van der Waals surface area (Å²) in [5.41, 5.74) is 0. The molecule has 0 rings (SSSR count). The van der Waals surface area contributed by atoms with Crippen LogP contribution in [0.2, 0.25) is 0 Å². The summed E-state index contributed by atoms with van der Waals surface area (Å²) < 4.78 is 0. The summed E-state index contributed by atoms with van der Waals surface area (Å²) in [6, 6.07) is -0.647. The zero-order valence-electron chi connectivity index (χ0n) is 56.0. The predicted molar refractivity (Wildman–Crippen MR) is 368 cm³/mol. The van der Waals surface area contributed by atoms with Crippen LogP contribution in [0, 0.1) is 0 Å². The van der Waals surface area contributed by atoms with Gasteiger partial charge in [-0.1, -0.05) is 396 Å². The molecule has 2 unspecified atom stereocenters. The van der Waals surface area contributed by atoms with E-state index in [2.05, 4.69) is 55.6 Å². The van der Waals surface area contributed by atoms with Crippen LogP contribution in [0.15, 0.2) is 48.6 Å². The third-order valence-corrected chi connectivity index (χ3v) is 17.8. The lowest BCUT2D eigenvalue weighted by Gasteiger charge is -2.19. The number of rotatable bonds is 71. The number of aliphatic hydroxyl groups is 2. The zero-order valence-corrected chi connectivity index (χ0v) is 56.0. The number of amides is 1. The molecule has 82 heavy (non-hydrogen) atoms. The van der Waals surface area contributed by atoms with Crippen molar-refractivity contribution in [1.29, 1.82) is 0 Å². The second kappa shape index (κ2) is 73.6. The quantitative estimate of drug-likeness (QED) is 0.0420. The number of unbranched alkanes of at least 4 members (excludes halogenated alkanes) is 58. The molecule has 0 fully saturated rings. The van der Waals surface area contributed by atoms with E-state index in [1.807, 2.05) is 6.08 Å². The smallest absolute Gasteiger partial charge is 0.220 e. The Morgan fingerprint density at radius 1 is 0.280 bits per heavy atom. The first-order chi connectivity index (χ1) is 40.7. The Bertz CT molecular complexity index is 1300. The minimum atomic E-state index is -0.872. The molecule has 0 aromatic rings. The maximum atomic E-state index is 12.5. The number of carbonyl (C=O) groups excluding carboxylic acids is 1. The van der Waals surface area contributed by atoms with Gasteiger partial charge in [-0.2, -0.15) is 0 Å². The van der Waals surface area contributed by atoms with Gasteiger partial charge in [0.1, 0.15) is 0 Å². The molecule has 0 radical (unpaired) electrons. The number of allylic oxidation sites excluding steroid dienone is 7.